The number of nitrogens with one attached hydrogen (secondary N) is 1. The van der Waals surface area contributed by atoms with Crippen molar-refractivity contribution in [2.45, 2.75) is 31.5 Å². The number of carboxylic acid groups (broad SMARTS) is 1. The largest absolute Gasteiger partial charge is 0.480 e. The highest BCUT2D eigenvalue weighted by atomic mass is 16.4. The van der Waals surface area contributed by atoms with Crippen LogP contribution >= 0.6 is 0 Å². The summed E-state index contributed by atoms with van der Waals surface area (Å²) >= 11 is 0. The number of fused-ring (bicyclic) bond motifs is 1. The smallest absolute Gasteiger partial charge is 0.354 e. The molecule has 39 heavy (non-hydrogen) atoms. The first-order valence-electron chi connectivity index (χ1n) is 13.2. The average Bonchev–Trinajstić information content (AvgIpc) is 3.27. The summed E-state index contributed by atoms with van der Waals surface area (Å²) in [5.74, 6) is 0.00146. The van der Waals surface area contributed by atoms with Crippen molar-refractivity contribution in [2.24, 2.45) is 23.3 Å². The number of hydrogen-bond acceptors (Lipinski definition) is 8. The third-order valence-electron chi connectivity index (χ3n) is 8.11. The Morgan fingerprint density at radius 3 is 2.21 bits per heavy atom. The number of urea groups is 1. The lowest BCUT2D eigenvalue weighted by atomic mass is 10.0. The molecule has 1 aromatic carbocycles. The molecule has 1 saturated carbocycles. The predicted molar refractivity (Wildman–Crippen MR) is 146 cm³/mol. The van der Waals surface area contributed by atoms with Crippen LogP contribution in [0, 0.1) is 11.8 Å². The van der Waals surface area contributed by atoms with Crippen LogP contribution in [-0.2, 0) is 4.79 Å². The number of anilines is 1. The summed E-state index contributed by atoms with van der Waals surface area (Å²) in [5.41, 5.74) is 13.1. The third-order valence-corrected chi connectivity index (χ3v) is 8.11. The lowest BCUT2D eigenvalue weighted by Gasteiger charge is -2.40. The van der Waals surface area contributed by atoms with E-state index in [-0.39, 0.29) is 17.9 Å². The van der Waals surface area contributed by atoms with Crippen LogP contribution in [-0.4, -0.2) is 92.2 Å². The number of benzene rings is 1. The van der Waals surface area contributed by atoms with Crippen molar-refractivity contribution in [3.63, 3.8) is 0 Å². The van der Waals surface area contributed by atoms with Crippen molar-refractivity contribution in [3.8, 4) is 5.69 Å². The summed E-state index contributed by atoms with van der Waals surface area (Å²) in [7, 11) is 0. The Balaban J connectivity index is 1.21. The Kier molecular flexibility index (Phi) is 6.95. The molecule has 2 aliphatic heterocycles. The van der Waals surface area contributed by atoms with Crippen LogP contribution in [0.1, 0.15) is 25.5 Å². The first-order chi connectivity index (χ1) is 18.4. The average molecular weight is 537 g/mol. The van der Waals surface area contributed by atoms with Crippen molar-refractivity contribution in [1.82, 2.24) is 24.3 Å². The molecule has 2 saturated heterocycles. The molecule has 2 aromatic rings. The topological polar surface area (TPSA) is 163 Å². The Bertz CT molecular complexity index is 1310. The second kappa shape index (κ2) is 10.1. The van der Waals surface area contributed by atoms with Gasteiger partial charge >= 0.3 is 17.7 Å². The van der Waals surface area contributed by atoms with E-state index in [1.165, 1.54) is 10.8 Å². The molecule has 6 N–H and O–H groups in total. The summed E-state index contributed by atoms with van der Waals surface area (Å²) < 4.78 is 1.35. The minimum Gasteiger partial charge on any atom is -0.480 e. The van der Waals surface area contributed by atoms with Crippen molar-refractivity contribution >= 4 is 17.8 Å². The number of aliphatic carboxylic acids is 1. The number of rotatable bonds is 7. The first-order valence-corrected chi connectivity index (χ1v) is 13.2. The standard InChI is InChI=1S/C27H36N8O4/c1-16(27(2,3)29)32-10-12-33(13-11-32)25(38)30-21-8-9-35(26(39)31-21)18-6-4-17(5-7-18)23(24(36)37)34-14-19-20(15-34)22(19)28/h4-9,19-20,22-23H,1,10-15,28-29H2,2-3H3,(H,36,37)(H,30,31,38,39). The van der Waals surface area contributed by atoms with E-state index in [1.54, 1.807) is 35.2 Å². The second-order valence-electron chi connectivity index (χ2n) is 11.2. The van der Waals surface area contributed by atoms with Crippen LogP contribution in [0.4, 0.5) is 10.6 Å². The number of carbonyl (C=O) groups excluding carboxylic acids is 1. The number of hydrogen-bond donors (Lipinski definition) is 4. The number of nitrogens with zero attached hydrogens (tertiary/aromatic N) is 5. The highest BCUT2D eigenvalue weighted by Crippen LogP contribution is 2.46. The Hall–Kier alpha value is -3.74. The van der Waals surface area contributed by atoms with E-state index in [2.05, 4.69) is 21.8 Å². The first kappa shape index (κ1) is 26.9. The van der Waals surface area contributed by atoms with E-state index >= 15 is 0 Å². The minimum atomic E-state index is -0.911. The van der Waals surface area contributed by atoms with Crippen molar-refractivity contribution < 1.29 is 14.7 Å². The lowest BCUT2D eigenvalue weighted by molar-refractivity contribution is -0.143. The molecule has 0 bridgehead atoms. The number of amides is 2. The second-order valence-corrected chi connectivity index (χ2v) is 11.2. The normalized spacial score (nSPS) is 23.7. The van der Waals surface area contributed by atoms with E-state index in [0.29, 0.717) is 62.4 Å². The molecule has 2 amide bonds. The van der Waals surface area contributed by atoms with Gasteiger partial charge in [-0.2, -0.15) is 4.98 Å². The quantitative estimate of drug-likeness (QED) is 0.398. The zero-order valence-electron chi connectivity index (χ0n) is 22.3. The van der Waals surface area contributed by atoms with Gasteiger partial charge in [-0.3, -0.25) is 19.6 Å². The molecule has 3 unspecified atom stereocenters. The van der Waals surface area contributed by atoms with Gasteiger partial charge in [0.15, 0.2) is 0 Å². The number of piperidine rings is 1. The van der Waals surface area contributed by atoms with Crippen LogP contribution in [0.2, 0.25) is 0 Å². The molecule has 0 spiro atoms. The number of aromatic nitrogens is 2. The molecule has 1 aliphatic carbocycles. The highest BCUT2D eigenvalue weighted by molar-refractivity contribution is 5.88. The molecule has 3 atom stereocenters. The van der Waals surface area contributed by atoms with E-state index in [1.807, 2.05) is 18.7 Å². The molecule has 208 valence electrons. The lowest BCUT2D eigenvalue weighted by Crippen LogP contribution is -2.53. The SMILES string of the molecule is C=C(N1CCN(C(=O)Nc2ccn(-c3ccc(C(C(=O)O)N4CC5C(N)C5C4)cc3)c(=O)n2)CC1)C(C)(C)N. The summed E-state index contributed by atoms with van der Waals surface area (Å²) in [4.78, 5) is 47.3. The zero-order chi connectivity index (χ0) is 28.1. The van der Waals surface area contributed by atoms with Crippen molar-refractivity contribution in [3.05, 3.63) is 64.9 Å². The van der Waals surface area contributed by atoms with E-state index in [0.717, 1.165) is 5.70 Å². The molecule has 3 aliphatic rings. The van der Waals surface area contributed by atoms with Crippen LogP contribution in [0.15, 0.2) is 53.6 Å². The Morgan fingerprint density at radius 2 is 1.67 bits per heavy atom. The van der Waals surface area contributed by atoms with Crippen LogP contribution < -0.4 is 22.5 Å². The third kappa shape index (κ3) is 5.40. The fourth-order valence-electron chi connectivity index (χ4n) is 5.59. The highest BCUT2D eigenvalue weighted by Gasteiger charge is 2.55. The maximum Gasteiger partial charge on any atom is 0.354 e. The number of nitrogens with two attached hydrogens (primary N) is 2. The molecule has 0 radical (unpaired) electrons. The molecule has 3 fully saturated rings. The van der Waals surface area contributed by atoms with Gasteiger partial charge in [0.25, 0.3) is 0 Å². The number of likely N-dealkylation sites (tertiary alicyclic amines) is 1. The van der Waals surface area contributed by atoms with Crippen molar-refractivity contribution in [1.29, 1.82) is 0 Å². The summed E-state index contributed by atoms with van der Waals surface area (Å²) in [5, 5.41) is 12.6. The fourth-order valence-corrected chi connectivity index (χ4v) is 5.59. The maximum absolute atomic E-state index is 12.8. The van der Waals surface area contributed by atoms with Crippen molar-refractivity contribution in [2.75, 3.05) is 44.6 Å². The van der Waals surface area contributed by atoms with E-state index < -0.39 is 23.2 Å². The molecule has 5 rings (SSSR count). The molecular weight excluding hydrogens is 500 g/mol. The summed E-state index contributed by atoms with van der Waals surface area (Å²) in [6, 6.07) is 7.50. The molecule has 1 aromatic heterocycles. The Morgan fingerprint density at radius 1 is 1.08 bits per heavy atom. The fraction of sp³-hybridized carbons (Fsp3) is 0.481. The number of piperazine rings is 1. The van der Waals surface area contributed by atoms with Gasteiger partial charge in [-0.25, -0.2) is 9.59 Å². The zero-order valence-corrected chi connectivity index (χ0v) is 22.3. The van der Waals surface area contributed by atoms with E-state index in [9.17, 15) is 19.5 Å². The van der Waals surface area contributed by atoms with E-state index in [4.69, 9.17) is 11.5 Å². The van der Waals surface area contributed by atoms with Gasteiger partial charge in [-0.15, -0.1) is 0 Å². The van der Waals surface area contributed by atoms with Gasteiger partial charge in [0.05, 0.1) is 5.69 Å². The maximum atomic E-state index is 12.8. The predicted octanol–water partition coefficient (Wildman–Crippen LogP) is 0.648. The van der Waals surface area contributed by atoms with Crippen LogP contribution in [0.25, 0.3) is 5.69 Å². The minimum absolute atomic E-state index is 0.157. The monoisotopic (exact) mass is 536 g/mol. The number of carboxylic acids is 1. The van der Waals surface area contributed by atoms with Gasteiger partial charge in [0.2, 0.25) is 0 Å². The summed E-state index contributed by atoms with van der Waals surface area (Å²) in [6.45, 7) is 11.5. The Labute approximate surface area is 226 Å². The van der Waals surface area contributed by atoms with Gasteiger partial charge < -0.3 is 26.4 Å². The van der Waals surface area contributed by atoms with Crippen LogP contribution in [0.3, 0.4) is 0 Å². The molecular formula is C27H36N8O4. The molecule has 3 heterocycles. The van der Waals surface area contributed by atoms with Gasteiger partial charge in [-0.1, -0.05) is 18.7 Å². The van der Waals surface area contributed by atoms with Gasteiger partial charge in [-0.05, 0) is 49.4 Å². The number of carbonyl (C=O) groups is 2. The van der Waals surface area contributed by atoms with Gasteiger partial charge in [0.1, 0.15) is 11.9 Å². The van der Waals surface area contributed by atoms with Crippen LogP contribution in [0.5, 0.6) is 0 Å². The van der Waals surface area contributed by atoms with Gasteiger partial charge in [0, 0.05) is 62.7 Å². The summed E-state index contributed by atoms with van der Waals surface area (Å²) in [6.07, 6.45) is 1.54. The molecule has 12 heteroatoms. The molecule has 12 nitrogen and oxygen atoms in total.